The van der Waals surface area contributed by atoms with Crippen molar-refractivity contribution in [3.05, 3.63) is 30.1 Å². The van der Waals surface area contributed by atoms with Crippen molar-refractivity contribution in [1.82, 2.24) is 4.31 Å². The number of nitrogens with zero attached hydrogens (tertiary/aromatic N) is 1. The second kappa shape index (κ2) is 5.31. The summed E-state index contributed by atoms with van der Waals surface area (Å²) in [5.41, 5.74) is 5.47. The third-order valence-electron chi connectivity index (χ3n) is 2.80. The van der Waals surface area contributed by atoms with Crippen molar-refractivity contribution in [2.45, 2.75) is 11.0 Å². The molecule has 100 valence electrons. The number of rotatable bonds is 3. The number of sulfonamides is 1. The molecule has 0 bridgehead atoms. The van der Waals surface area contributed by atoms with Gasteiger partial charge in [0.2, 0.25) is 10.0 Å². The van der Waals surface area contributed by atoms with Crippen LogP contribution >= 0.6 is 0 Å². The SMILES string of the molecule is NC[C@H]1CN(S(=O)(=O)c2cccc(F)c2)CCO1. The Morgan fingerprint density at radius 1 is 1.50 bits per heavy atom. The first kappa shape index (κ1) is 13.4. The Kier molecular flexibility index (Phi) is 3.96. The minimum Gasteiger partial charge on any atom is -0.374 e. The summed E-state index contributed by atoms with van der Waals surface area (Å²) in [5, 5.41) is 0. The van der Waals surface area contributed by atoms with E-state index in [4.69, 9.17) is 10.5 Å². The lowest BCUT2D eigenvalue weighted by Crippen LogP contribution is -2.48. The molecule has 0 aliphatic carbocycles. The van der Waals surface area contributed by atoms with Crippen LogP contribution in [-0.4, -0.2) is 45.1 Å². The van der Waals surface area contributed by atoms with Crippen molar-refractivity contribution < 1.29 is 17.5 Å². The highest BCUT2D eigenvalue weighted by atomic mass is 32.2. The lowest BCUT2D eigenvalue weighted by atomic mass is 10.3. The van der Waals surface area contributed by atoms with Gasteiger partial charge in [0.15, 0.2) is 0 Å². The fourth-order valence-electron chi connectivity index (χ4n) is 1.83. The van der Waals surface area contributed by atoms with Gasteiger partial charge < -0.3 is 10.5 Å². The maximum atomic E-state index is 13.1. The summed E-state index contributed by atoms with van der Waals surface area (Å²) in [6.07, 6.45) is -0.304. The van der Waals surface area contributed by atoms with Crippen LogP contribution in [0.1, 0.15) is 0 Å². The second-order valence-electron chi connectivity index (χ2n) is 4.05. The van der Waals surface area contributed by atoms with Crippen LogP contribution in [0.3, 0.4) is 0 Å². The van der Waals surface area contributed by atoms with Gasteiger partial charge >= 0.3 is 0 Å². The van der Waals surface area contributed by atoms with Gasteiger partial charge in [0.1, 0.15) is 5.82 Å². The van der Waals surface area contributed by atoms with Crippen LogP contribution in [0.2, 0.25) is 0 Å². The number of ether oxygens (including phenoxy) is 1. The van der Waals surface area contributed by atoms with E-state index in [-0.39, 0.29) is 30.6 Å². The van der Waals surface area contributed by atoms with Crippen LogP contribution in [0.4, 0.5) is 4.39 Å². The molecule has 0 aromatic heterocycles. The summed E-state index contributed by atoms with van der Waals surface area (Å²) in [7, 11) is -3.67. The third kappa shape index (κ3) is 2.69. The number of benzene rings is 1. The van der Waals surface area contributed by atoms with Crippen molar-refractivity contribution in [2.75, 3.05) is 26.2 Å². The van der Waals surface area contributed by atoms with Gasteiger partial charge in [-0.1, -0.05) is 6.07 Å². The monoisotopic (exact) mass is 274 g/mol. The molecule has 0 unspecified atom stereocenters. The normalized spacial score (nSPS) is 22.0. The molecule has 1 aromatic rings. The molecular weight excluding hydrogens is 259 g/mol. The minimum absolute atomic E-state index is 0.0415. The summed E-state index contributed by atoms with van der Waals surface area (Å²) in [4.78, 5) is -0.0415. The van der Waals surface area contributed by atoms with E-state index in [1.54, 1.807) is 0 Å². The lowest BCUT2D eigenvalue weighted by Gasteiger charge is -2.31. The number of morpholine rings is 1. The summed E-state index contributed by atoms with van der Waals surface area (Å²) >= 11 is 0. The van der Waals surface area contributed by atoms with E-state index in [9.17, 15) is 12.8 Å². The first-order valence-corrected chi connectivity index (χ1v) is 7.05. The molecule has 18 heavy (non-hydrogen) atoms. The molecule has 2 rings (SSSR count). The number of halogens is 1. The van der Waals surface area contributed by atoms with E-state index in [1.807, 2.05) is 0 Å². The summed E-state index contributed by atoms with van der Waals surface area (Å²) in [6.45, 7) is 1.02. The summed E-state index contributed by atoms with van der Waals surface area (Å²) < 4.78 is 44.2. The van der Waals surface area contributed by atoms with Gasteiger partial charge in [0, 0.05) is 19.6 Å². The van der Waals surface area contributed by atoms with E-state index in [2.05, 4.69) is 0 Å². The Bertz CT molecular complexity index is 521. The zero-order valence-electron chi connectivity index (χ0n) is 9.75. The van der Waals surface area contributed by atoms with Crippen LogP contribution in [-0.2, 0) is 14.8 Å². The number of nitrogens with two attached hydrogens (primary N) is 1. The molecule has 1 saturated heterocycles. The van der Waals surface area contributed by atoms with Gasteiger partial charge in [-0.15, -0.1) is 0 Å². The standard InChI is InChI=1S/C11H15FN2O3S/c12-9-2-1-3-11(6-9)18(15,16)14-4-5-17-10(7-13)8-14/h1-3,6,10H,4-5,7-8,13H2/t10-/m0/s1. The van der Waals surface area contributed by atoms with Crippen LogP contribution in [0.15, 0.2) is 29.2 Å². The molecule has 2 N–H and O–H groups in total. The quantitative estimate of drug-likeness (QED) is 0.853. The van der Waals surface area contributed by atoms with E-state index in [1.165, 1.54) is 22.5 Å². The van der Waals surface area contributed by atoms with E-state index >= 15 is 0 Å². The van der Waals surface area contributed by atoms with Crippen LogP contribution in [0, 0.1) is 5.82 Å². The summed E-state index contributed by atoms with van der Waals surface area (Å²) in [6, 6.07) is 4.98. The van der Waals surface area contributed by atoms with Gasteiger partial charge in [-0.2, -0.15) is 4.31 Å². The van der Waals surface area contributed by atoms with Gasteiger partial charge in [0.05, 0.1) is 17.6 Å². The van der Waals surface area contributed by atoms with E-state index in [0.29, 0.717) is 6.61 Å². The van der Waals surface area contributed by atoms with Crippen LogP contribution < -0.4 is 5.73 Å². The predicted octanol–water partition coefficient (Wildman–Crippen LogP) is 0.174. The average Bonchev–Trinajstić information content (AvgIpc) is 2.39. The number of hydrogen-bond donors (Lipinski definition) is 1. The smallest absolute Gasteiger partial charge is 0.243 e. The van der Waals surface area contributed by atoms with Gasteiger partial charge in [-0.25, -0.2) is 12.8 Å². The van der Waals surface area contributed by atoms with Crippen molar-refractivity contribution in [2.24, 2.45) is 5.73 Å². The molecule has 0 radical (unpaired) electrons. The molecule has 0 saturated carbocycles. The Morgan fingerprint density at radius 2 is 2.28 bits per heavy atom. The fraction of sp³-hybridized carbons (Fsp3) is 0.455. The predicted molar refractivity (Wildman–Crippen MR) is 64.0 cm³/mol. The summed E-state index contributed by atoms with van der Waals surface area (Å²) in [5.74, 6) is -0.570. The zero-order chi connectivity index (χ0) is 13.2. The molecule has 0 spiro atoms. The first-order chi connectivity index (χ1) is 8.54. The Hall–Kier alpha value is -1.02. The highest BCUT2D eigenvalue weighted by molar-refractivity contribution is 7.89. The van der Waals surface area contributed by atoms with E-state index in [0.717, 1.165) is 6.07 Å². The molecule has 0 amide bonds. The molecule has 7 heteroatoms. The second-order valence-corrected chi connectivity index (χ2v) is 5.99. The number of hydrogen-bond acceptors (Lipinski definition) is 4. The van der Waals surface area contributed by atoms with Crippen molar-refractivity contribution in [3.8, 4) is 0 Å². The Balaban J connectivity index is 2.25. The van der Waals surface area contributed by atoms with Crippen LogP contribution in [0.5, 0.6) is 0 Å². The van der Waals surface area contributed by atoms with Gasteiger partial charge in [-0.05, 0) is 18.2 Å². The van der Waals surface area contributed by atoms with Crippen molar-refractivity contribution >= 4 is 10.0 Å². The molecule has 1 aliphatic rings. The molecule has 1 fully saturated rings. The lowest BCUT2D eigenvalue weighted by molar-refractivity contribution is 0.00450. The van der Waals surface area contributed by atoms with Crippen molar-refractivity contribution in [1.29, 1.82) is 0 Å². The Morgan fingerprint density at radius 3 is 2.94 bits per heavy atom. The largest absolute Gasteiger partial charge is 0.374 e. The minimum atomic E-state index is -3.67. The zero-order valence-corrected chi connectivity index (χ0v) is 10.6. The van der Waals surface area contributed by atoms with Crippen molar-refractivity contribution in [3.63, 3.8) is 0 Å². The van der Waals surface area contributed by atoms with Gasteiger partial charge in [0.25, 0.3) is 0 Å². The molecular formula is C11H15FN2O3S. The topological polar surface area (TPSA) is 72.6 Å². The highest BCUT2D eigenvalue weighted by Crippen LogP contribution is 2.19. The fourth-order valence-corrected chi connectivity index (χ4v) is 3.32. The molecule has 1 heterocycles. The van der Waals surface area contributed by atoms with Gasteiger partial charge in [-0.3, -0.25) is 0 Å². The molecule has 1 atom stereocenters. The molecule has 1 aromatic carbocycles. The Labute approximate surface area is 105 Å². The third-order valence-corrected chi connectivity index (χ3v) is 4.66. The van der Waals surface area contributed by atoms with E-state index < -0.39 is 15.8 Å². The van der Waals surface area contributed by atoms with Crippen LogP contribution in [0.25, 0.3) is 0 Å². The first-order valence-electron chi connectivity index (χ1n) is 5.61. The maximum absolute atomic E-state index is 13.1. The molecule has 1 aliphatic heterocycles. The highest BCUT2D eigenvalue weighted by Gasteiger charge is 2.30. The molecule has 5 nitrogen and oxygen atoms in total. The maximum Gasteiger partial charge on any atom is 0.243 e. The average molecular weight is 274 g/mol.